The largest absolute Gasteiger partial charge is 0.460 e. The third-order valence-corrected chi connectivity index (χ3v) is 31.0. The number of amides is 2. The van der Waals surface area contributed by atoms with Gasteiger partial charge in [0.15, 0.2) is 24.1 Å². The van der Waals surface area contributed by atoms with E-state index < -0.39 is 177 Å². The summed E-state index contributed by atoms with van der Waals surface area (Å²) in [5, 5.41) is 60.7. The number of nitrogens with zero attached hydrogens (tertiary/aromatic N) is 2. The Labute approximate surface area is 828 Å². The standard InChI is InChI=1S/C53H84N2O13P.C51H79NO13.C2H7NOP/c1-32-17-13-12-14-18-33(2)44(64-8)29-40-22-20-38(7)53(62,68-40)50(59)51(60)55-24-16-15-19-42(55)52(61)67-45(35(4)27-39-21-23-41(46(28-39)65-9)54-31-69(11)63)30-43(56)34(3)26-37(6)48(58)49(66-10)47(57)36(5)25-32;1-30-16-12-11-13-17-31(2)42(61-8)28-38-21-19-36(7)51(60,65-38)48(57)49(58)52-23-15-14-18-39(52)50(59)64-43(33(4)26-37-20-22-40(53)44(27-37)62-9)29-41(54)32(3)25-35(6)46(56)47(63-10)45(55)34(5)24-30;1-5(4)2-3/h12-14,17-18,26,32,34-36,38-42,44-46,48-49,54,58,62H,15-16,19-25,27-31H2,1-11H3;11-13,16-17,25,30,32-34,36-40,42-44,46-47,53,56,60H,14-15,18-24,26-29H2,1-10H3;2-3H2,1H3/q+1;;+1/b14-12?,17-13+,33-18?,37-26+;13-11?,16-12+,31-17?,35-25+;/t32-,34-,35-,36-,38-,39+,40+,41?,42+,44+,45+,46-,48-,49+,53-;30-,32-,33-,34-,36-,37+,38+,39+,40?,42+,43+,44-,46-,47+,51-;/m11./s1. The van der Waals surface area contributed by atoms with Gasteiger partial charge >= 0.3 is 27.5 Å². The van der Waals surface area contributed by atoms with Gasteiger partial charge in [-0.05, 0) is 214 Å². The van der Waals surface area contributed by atoms with Crippen LogP contribution < -0.4 is 11.1 Å². The van der Waals surface area contributed by atoms with Crippen molar-refractivity contribution in [2.45, 2.75) is 360 Å². The molecule has 4 saturated heterocycles. The summed E-state index contributed by atoms with van der Waals surface area (Å²) in [4.78, 5) is 144. The molecule has 139 heavy (non-hydrogen) atoms. The molecule has 4 bridgehead atoms. The number of cyclic esters (lactones) is 2. The van der Waals surface area contributed by atoms with Crippen LogP contribution in [0.3, 0.4) is 0 Å². The molecule has 8 aliphatic rings. The Morgan fingerprint density at radius 3 is 1.23 bits per heavy atom. The third kappa shape index (κ3) is 35.7. The summed E-state index contributed by atoms with van der Waals surface area (Å²) in [5.74, 6) is -15.9. The lowest BCUT2D eigenvalue weighted by Gasteiger charge is -2.42. The van der Waals surface area contributed by atoms with Crippen molar-refractivity contribution in [3.8, 4) is 0 Å². The molecule has 31 nitrogen and oxygen atoms in total. The molecule has 6 aliphatic heterocycles. The van der Waals surface area contributed by atoms with Gasteiger partial charge in [-0.3, -0.25) is 49.4 Å². The first-order valence-corrected chi connectivity index (χ1v) is 54.3. The number of carbonyl (C=O) groups excluding carboxylic acids is 10. The van der Waals surface area contributed by atoms with E-state index in [-0.39, 0.29) is 116 Å². The van der Waals surface area contributed by atoms with Gasteiger partial charge in [0.25, 0.3) is 23.4 Å². The summed E-state index contributed by atoms with van der Waals surface area (Å²) in [6.07, 6.45) is 24.4. The lowest BCUT2D eigenvalue weighted by Crippen LogP contribution is -2.61. The van der Waals surface area contributed by atoms with Crippen molar-refractivity contribution in [3.63, 3.8) is 0 Å². The summed E-state index contributed by atoms with van der Waals surface area (Å²) < 4.78 is 80.9. The zero-order valence-corrected chi connectivity index (χ0v) is 88.8. The van der Waals surface area contributed by atoms with Crippen LogP contribution in [0.25, 0.3) is 0 Å². The first kappa shape index (κ1) is 121. The number of fused-ring (bicyclic) bond motifs is 6. The molecule has 6 fully saturated rings. The van der Waals surface area contributed by atoms with Crippen LogP contribution in [0.4, 0.5) is 0 Å². The number of esters is 2. The van der Waals surface area contributed by atoms with Gasteiger partial charge in [-0.2, -0.15) is 0 Å². The Kier molecular flexibility index (Phi) is 51.5. The lowest BCUT2D eigenvalue weighted by molar-refractivity contribution is -0.265. The van der Waals surface area contributed by atoms with Gasteiger partial charge in [0.2, 0.25) is 11.6 Å². The van der Waals surface area contributed by atoms with Crippen molar-refractivity contribution in [2.75, 3.05) is 81.6 Å². The zero-order chi connectivity index (χ0) is 104. The number of rotatable bonds is 16. The minimum atomic E-state index is -2.43. The summed E-state index contributed by atoms with van der Waals surface area (Å²) >= 11 is 0. The number of Topliss-reactive ketones (excluding diaryl/α,β-unsaturated/α-hetero) is 6. The second kappa shape index (κ2) is 59.1. The molecule has 8 N–H and O–H groups in total. The molecule has 0 spiro atoms. The number of methoxy groups -OCH3 is 6. The van der Waals surface area contributed by atoms with E-state index in [4.69, 9.17) is 53.1 Å². The van der Waals surface area contributed by atoms with Crippen LogP contribution in [-0.2, 0) is 104 Å². The molecule has 0 radical (unpaired) electrons. The fraction of sp³-hybridized carbons (Fsp3) is 0.755. The predicted octanol–water partition coefficient (Wildman–Crippen LogP) is 13.7. The smallest absolute Gasteiger partial charge is 0.350 e. The molecule has 32 atom stereocenters. The molecule has 2 amide bonds. The number of hydrogen-bond donors (Lipinski definition) is 7. The van der Waals surface area contributed by atoms with Crippen LogP contribution in [-0.4, -0.2) is 284 Å². The molecule has 8 rings (SSSR count). The summed E-state index contributed by atoms with van der Waals surface area (Å²) in [5.41, 5.74) is 7.42. The zero-order valence-electron chi connectivity index (χ0n) is 87.0. The highest BCUT2D eigenvalue weighted by molar-refractivity contribution is 7.43. The molecular formula is C106H170N4O27P2+2. The number of nitrogens with two attached hydrogens (primary N) is 1. The van der Waals surface area contributed by atoms with E-state index in [2.05, 4.69) is 5.32 Å². The topological polar surface area (TPSA) is 443 Å². The quantitative estimate of drug-likeness (QED) is 0.0326. The Balaban J connectivity index is 0.000000407. The van der Waals surface area contributed by atoms with Crippen molar-refractivity contribution >= 4 is 74.1 Å². The number of aliphatic hydroxyl groups excluding tert-OH is 3. The van der Waals surface area contributed by atoms with Crippen molar-refractivity contribution < 1.29 is 130 Å². The Morgan fingerprint density at radius 2 is 0.863 bits per heavy atom. The Hall–Kier alpha value is -6.58. The fourth-order valence-electron chi connectivity index (χ4n) is 20.7. The van der Waals surface area contributed by atoms with Crippen molar-refractivity contribution in [1.82, 2.24) is 15.1 Å². The monoisotopic (exact) mass is 1990 g/mol. The van der Waals surface area contributed by atoms with E-state index in [0.29, 0.717) is 133 Å². The van der Waals surface area contributed by atoms with E-state index in [0.717, 1.165) is 30.4 Å². The molecule has 2 saturated carbocycles. The van der Waals surface area contributed by atoms with Crippen LogP contribution >= 0.6 is 15.6 Å². The molecule has 33 heteroatoms. The number of nitrogens with one attached hydrogen (secondary N) is 1. The van der Waals surface area contributed by atoms with Crippen LogP contribution in [0, 0.1) is 71.0 Å². The van der Waals surface area contributed by atoms with E-state index >= 15 is 0 Å². The maximum atomic E-state index is 14.5. The van der Waals surface area contributed by atoms with Crippen molar-refractivity contribution in [2.24, 2.45) is 76.7 Å². The number of carbonyl (C=O) groups is 10. The van der Waals surface area contributed by atoms with Crippen molar-refractivity contribution in [1.29, 1.82) is 0 Å². The third-order valence-electron chi connectivity index (χ3n) is 29.8. The van der Waals surface area contributed by atoms with Gasteiger partial charge in [-0.25, -0.2) is 9.59 Å². The van der Waals surface area contributed by atoms with E-state index in [1.54, 1.807) is 95.5 Å². The molecule has 784 valence electrons. The highest BCUT2D eigenvalue weighted by atomic mass is 31.1. The average Bonchev–Trinajstić information content (AvgIpc) is 0.774. The average molecular weight is 1990 g/mol. The van der Waals surface area contributed by atoms with Gasteiger partial charge < -0.3 is 82.7 Å². The number of piperidine rings is 2. The minimum absolute atomic E-state index is 0.0161. The van der Waals surface area contributed by atoms with Crippen LogP contribution in [0.15, 0.2) is 95.2 Å². The number of hydrogen-bond acceptors (Lipinski definition) is 29. The first-order valence-electron chi connectivity index (χ1n) is 50.5. The molecule has 2 aliphatic carbocycles. The second-order valence-electron chi connectivity index (χ2n) is 41.0. The molecule has 4 unspecified atom stereocenters. The van der Waals surface area contributed by atoms with Gasteiger partial charge in [-0.1, -0.05) is 151 Å². The Morgan fingerprint density at radius 1 is 0.475 bits per heavy atom. The number of ketones is 6. The fourth-order valence-corrected chi connectivity index (χ4v) is 21.2. The molecular weight excluding hydrogens is 1820 g/mol. The minimum Gasteiger partial charge on any atom is -0.460 e. The van der Waals surface area contributed by atoms with Gasteiger partial charge in [0.1, 0.15) is 73.6 Å². The van der Waals surface area contributed by atoms with Gasteiger partial charge in [0, 0.05) is 123 Å². The first-order chi connectivity index (χ1) is 65.7. The predicted molar refractivity (Wildman–Crippen MR) is 532 cm³/mol. The second-order valence-corrected chi connectivity index (χ2v) is 44.2. The highest BCUT2D eigenvalue weighted by Gasteiger charge is 2.56. The SMILES string of the molecule is CO[C@H]1C[C@@H]2CC[C@@H](C)[C@@](O)(O2)C(=O)C(=O)N2CCCC[C@H]2C(=O)O[C@H]([C@H](C)C[C@@H]2CCC(NC[P+](C)=O)[C@H](OC)C2)CC(=O)[C@H](C)/C=C(\C)[C@@H](O)[C@@H](OC)C(=O)[C@H](C)C[C@H](C)/C=C/C=CC=C1C.CO[C@H]1C[C@@H]2CC[C@@H](C)[C@@](O)(O2)C(=O)C(=O)N2CCCC[C@H]2C(=O)O[C@H]([C@H](C)C[C@@H]2CCC(O)[C@H](OC)C2)CC(=O)[C@H](C)/C=C(\C)[C@@H](O)[C@@H](OC)C(=O)[C@H](C)C[C@H](C)/C=C/C=CC=C1C.C[P+](=O)CN. The molecule has 0 aromatic carbocycles. The number of aliphatic hydroxyl groups is 5. The Bertz CT molecular complexity index is 4320. The molecule has 6 heterocycles. The van der Waals surface area contributed by atoms with E-state index in [9.17, 15) is 82.6 Å². The number of allylic oxidation sites excluding steroid dienone is 12. The van der Waals surface area contributed by atoms with Gasteiger partial charge in [-0.15, -0.1) is 0 Å². The highest BCUT2D eigenvalue weighted by Crippen LogP contribution is 2.42. The van der Waals surface area contributed by atoms with Crippen LogP contribution in [0.1, 0.15) is 251 Å². The normalized spacial score (nSPS) is 37.4. The lowest BCUT2D eigenvalue weighted by atomic mass is 9.77. The van der Waals surface area contributed by atoms with Crippen molar-refractivity contribution in [3.05, 3.63) is 95.2 Å². The van der Waals surface area contributed by atoms with Gasteiger partial charge in [0.05, 0.1) is 42.7 Å². The maximum absolute atomic E-state index is 14.5. The van der Waals surface area contributed by atoms with E-state index in [1.165, 1.54) is 24.0 Å². The van der Waals surface area contributed by atoms with Crippen LogP contribution in [0.2, 0.25) is 0 Å². The maximum Gasteiger partial charge on any atom is 0.350 e. The molecule has 0 aromatic rings. The summed E-state index contributed by atoms with van der Waals surface area (Å²) in [6, 6.07) is -2.25. The number of ether oxygens (including phenoxy) is 10. The molecule has 0 aromatic heterocycles. The van der Waals surface area contributed by atoms with Crippen LogP contribution in [0.5, 0.6) is 0 Å². The van der Waals surface area contributed by atoms with E-state index in [1.807, 2.05) is 116 Å². The summed E-state index contributed by atoms with van der Waals surface area (Å²) in [7, 11) is 6.70. The summed E-state index contributed by atoms with van der Waals surface area (Å²) in [6.45, 7) is 28.8.